The van der Waals surface area contributed by atoms with E-state index in [1.807, 2.05) is 0 Å². The van der Waals surface area contributed by atoms with E-state index in [1.54, 1.807) is 19.9 Å². The Morgan fingerprint density at radius 1 is 1.14 bits per heavy atom. The summed E-state index contributed by atoms with van der Waals surface area (Å²) in [6.45, 7) is 5.03. The van der Waals surface area contributed by atoms with Gasteiger partial charge in [-0.1, -0.05) is 25.7 Å². The smallest absolute Gasteiger partial charge is 0.352 e. The molecule has 0 saturated heterocycles. The molecule has 158 valence electrons. The van der Waals surface area contributed by atoms with E-state index < -0.39 is 29.4 Å². The second-order valence-corrected chi connectivity index (χ2v) is 7.93. The van der Waals surface area contributed by atoms with Gasteiger partial charge >= 0.3 is 6.18 Å². The SMILES string of the molecule is Cc1cc2nc(C(F)(F)F)c(=O)n([C@H](C)C(=O)NC3CCCCCC3)c2cc1C. The lowest BCUT2D eigenvalue weighted by atomic mass is 10.1. The second kappa shape index (κ2) is 8.16. The van der Waals surface area contributed by atoms with Crippen LogP contribution in [0.4, 0.5) is 13.2 Å². The minimum absolute atomic E-state index is 0.0117. The molecule has 1 aromatic heterocycles. The number of nitrogens with zero attached hydrogens (tertiary/aromatic N) is 2. The molecule has 0 unspecified atom stereocenters. The van der Waals surface area contributed by atoms with Crippen molar-refractivity contribution in [3.63, 3.8) is 0 Å². The number of hydrogen-bond acceptors (Lipinski definition) is 3. The summed E-state index contributed by atoms with van der Waals surface area (Å²) in [6, 6.07) is 2.04. The van der Waals surface area contributed by atoms with E-state index in [-0.39, 0.29) is 17.1 Å². The normalized spacial score (nSPS) is 17.2. The first-order valence-electron chi connectivity index (χ1n) is 10.0. The van der Waals surface area contributed by atoms with Crippen molar-refractivity contribution >= 4 is 16.9 Å². The number of alkyl halides is 3. The number of amides is 1. The minimum Gasteiger partial charge on any atom is -0.352 e. The molecule has 1 aliphatic rings. The first-order valence-corrected chi connectivity index (χ1v) is 10.0. The summed E-state index contributed by atoms with van der Waals surface area (Å²) < 4.78 is 41.3. The predicted molar refractivity (Wildman–Crippen MR) is 105 cm³/mol. The predicted octanol–water partition coefficient (Wildman–Crippen LogP) is 4.43. The third-order valence-corrected chi connectivity index (χ3v) is 5.74. The van der Waals surface area contributed by atoms with Crippen LogP contribution in [0.15, 0.2) is 16.9 Å². The number of carbonyl (C=O) groups is 1. The first kappa shape index (κ1) is 21.3. The number of aryl methyl sites for hydroxylation is 2. The summed E-state index contributed by atoms with van der Waals surface area (Å²) in [5.74, 6) is -0.446. The zero-order valence-corrected chi connectivity index (χ0v) is 16.9. The third-order valence-electron chi connectivity index (χ3n) is 5.74. The molecule has 0 radical (unpaired) electrons. The van der Waals surface area contributed by atoms with E-state index in [9.17, 15) is 22.8 Å². The van der Waals surface area contributed by atoms with Gasteiger partial charge in [-0.25, -0.2) is 4.98 Å². The largest absolute Gasteiger partial charge is 0.438 e. The van der Waals surface area contributed by atoms with Gasteiger partial charge in [0.25, 0.3) is 5.56 Å². The monoisotopic (exact) mass is 409 g/mol. The lowest BCUT2D eigenvalue weighted by molar-refractivity contribution is -0.142. The van der Waals surface area contributed by atoms with Crippen LogP contribution in [0.3, 0.4) is 0 Å². The lowest BCUT2D eigenvalue weighted by Crippen LogP contribution is -2.42. The van der Waals surface area contributed by atoms with Crippen LogP contribution in [0.5, 0.6) is 0 Å². The summed E-state index contributed by atoms with van der Waals surface area (Å²) in [6.07, 6.45) is 1.03. The Bertz CT molecular complexity index is 974. The average Bonchev–Trinajstić information content (AvgIpc) is 2.90. The zero-order valence-electron chi connectivity index (χ0n) is 16.9. The third kappa shape index (κ3) is 4.46. The lowest BCUT2D eigenvalue weighted by Gasteiger charge is -2.23. The molecule has 0 spiro atoms. The first-order chi connectivity index (χ1) is 13.6. The van der Waals surface area contributed by atoms with Crippen molar-refractivity contribution in [3.8, 4) is 0 Å². The molecule has 5 nitrogen and oxygen atoms in total. The molecule has 2 aromatic rings. The van der Waals surface area contributed by atoms with Gasteiger partial charge in [-0.05, 0) is 56.9 Å². The molecule has 1 fully saturated rings. The highest BCUT2D eigenvalue weighted by Gasteiger charge is 2.38. The van der Waals surface area contributed by atoms with Gasteiger partial charge in [0.1, 0.15) is 6.04 Å². The van der Waals surface area contributed by atoms with Crippen molar-refractivity contribution in [1.82, 2.24) is 14.9 Å². The van der Waals surface area contributed by atoms with Gasteiger partial charge in [0.05, 0.1) is 11.0 Å². The van der Waals surface area contributed by atoms with E-state index >= 15 is 0 Å². The molecule has 1 N–H and O–H groups in total. The number of nitrogens with one attached hydrogen (secondary N) is 1. The molecular formula is C21H26F3N3O2. The van der Waals surface area contributed by atoms with Crippen LogP contribution in [0.1, 0.15) is 68.3 Å². The van der Waals surface area contributed by atoms with Gasteiger partial charge in [-0.2, -0.15) is 13.2 Å². The average molecular weight is 409 g/mol. The van der Waals surface area contributed by atoms with E-state index in [2.05, 4.69) is 10.3 Å². The fourth-order valence-electron chi connectivity index (χ4n) is 3.89. The Labute approximate surface area is 167 Å². The number of aromatic nitrogens is 2. The van der Waals surface area contributed by atoms with Crippen molar-refractivity contribution in [2.24, 2.45) is 0 Å². The molecule has 1 aromatic carbocycles. The van der Waals surface area contributed by atoms with Crippen molar-refractivity contribution < 1.29 is 18.0 Å². The van der Waals surface area contributed by atoms with Crippen LogP contribution in [-0.2, 0) is 11.0 Å². The standard InChI is InChI=1S/C21H26F3N3O2/c1-12-10-16-17(11-13(12)2)27(20(29)18(26-16)21(22,23)24)14(3)19(28)25-15-8-6-4-5-7-9-15/h10-11,14-15H,4-9H2,1-3H3,(H,25,28)/t14-/m1/s1. The van der Waals surface area contributed by atoms with Crippen LogP contribution < -0.4 is 10.9 Å². The maximum atomic E-state index is 13.4. The van der Waals surface area contributed by atoms with E-state index in [1.165, 1.54) is 13.0 Å². The van der Waals surface area contributed by atoms with E-state index in [0.29, 0.717) is 0 Å². The van der Waals surface area contributed by atoms with Gasteiger partial charge in [0, 0.05) is 6.04 Å². The van der Waals surface area contributed by atoms with Gasteiger partial charge in [0.2, 0.25) is 11.6 Å². The van der Waals surface area contributed by atoms with Gasteiger partial charge in [-0.15, -0.1) is 0 Å². The van der Waals surface area contributed by atoms with Gasteiger partial charge < -0.3 is 5.32 Å². The van der Waals surface area contributed by atoms with Crippen LogP contribution >= 0.6 is 0 Å². The molecule has 0 bridgehead atoms. The van der Waals surface area contributed by atoms with Crippen LogP contribution in [0.25, 0.3) is 11.0 Å². The quantitative estimate of drug-likeness (QED) is 0.763. The molecule has 1 aliphatic carbocycles. The van der Waals surface area contributed by atoms with Crippen LogP contribution in [0, 0.1) is 13.8 Å². The molecule has 1 amide bonds. The maximum absolute atomic E-state index is 13.4. The second-order valence-electron chi connectivity index (χ2n) is 7.93. The van der Waals surface area contributed by atoms with Crippen LogP contribution in [0.2, 0.25) is 0 Å². The van der Waals surface area contributed by atoms with Crippen molar-refractivity contribution in [2.75, 3.05) is 0 Å². The van der Waals surface area contributed by atoms with Gasteiger partial charge in [0.15, 0.2) is 0 Å². The van der Waals surface area contributed by atoms with Crippen molar-refractivity contribution in [2.45, 2.75) is 77.6 Å². The molecule has 29 heavy (non-hydrogen) atoms. The Balaban J connectivity index is 2.08. The Kier molecular flexibility index (Phi) is 6.00. The van der Waals surface area contributed by atoms with Crippen molar-refractivity contribution in [3.05, 3.63) is 39.3 Å². The number of benzene rings is 1. The highest BCUT2D eigenvalue weighted by atomic mass is 19.4. The minimum atomic E-state index is -4.90. The fourth-order valence-corrected chi connectivity index (χ4v) is 3.89. The number of hydrogen-bond donors (Lipinski definition) is 1. The number of fused-ring (bicyclic) bond motifs is 1. The van der Waals surface area contributed by atoms with Crippen molar-refractivity contribution in [1.29, 1.82) is 0 Å². The van der Waals surface area contributed by atoms with Crippen LogP contribution in [-0.4, -0.2) is 21.5 Å². The Morgan fingerprint density at radius 3 is 2.31 bits per heavy atom. The summed E-state index contributed by atoms with van der Waals surface area (Å²) in [5.41, 5.74) is -0.939. The number of rotatable bonds is 3. The maximum Gasteiger partial charge on any atom is 0.438 e. The summed E-state index contributed by atoms with van der Waals surface area (Å²) in [5, 5.41) is 2.93. The highest BCUT2D eigenvalue weighted by molar-refractivity contribution is 5.84. The van der Waals surface area contributed by atoms with E-state index in [0.717, 1.165) is 54.2 Å². The molecule has 0 aliphatic heterocycles. The number of carbonyl (C=O) groups excluding carboxylic acids is 1. The Morgan fingerprint density at radius 2 is 1.72 bits per heavy atom. The molecule has 3 rings (SSSR count). The molecule has 1 atom stereocenters. The molecule has 8 heteroatoms. The molecule has 1 saturated carbocycles. The fraction of sp³-hybridized carbons (Fsp3) is 0.571. The molecule has 1 heterocycles. The highest BCUT2D eigenvalue weighted by Crippen LogP contribution is 2.28. The Hall–Kier alpha value is -2.38. The summed E-state index contributed by atoms with van der Waals surface area (Å²) in [4.78, 5) is 29.2. The van der Waals surface area contributed by atoms with Gasteiger partial charge in [-0.3, -0.25) is 14.2 Å². The molecular weight excluding hydrogens is 383 g/mol. The zero-order chi connectivity index (χ0) is 21.3. The van der Waals surface area contributed by atoms with E-state index in [4.69, 9.17) is 0 Å². The topological polar surface area (TPSA) is 64.0 Å². The summed E-state index contributed by atoms with van der Waals surface area (Å²) >= 11 is 0. The number of halogens is 3. The summed E-state index contributed by atoms with van der Waals surface area (Å²) in [7, 11) is 0.